The zero-order valence-corrected chi connectivity index (χ0v) is 15.2. The minimum Gasteiger partial charge on any atom is -0.444 e. The number of piperazine rings is 1. The Hall–Kier alpha value is -2.77. The van der Waals surface area contributed by atoms with Gasteiger partial charge in [0, 0.05) is 31.7 Å². The summed E-state index contributed by atoms with van der Waals surface area (Å²) in [4.78, 5) is 44.9. The number of amides is 3. The van der Waals surface area contributed by atoms with Crippen molar-refractivity contribution in [3.8, 4) is 0 Å². The van der Waals surface area contributed by atoms with E-state index in [-0.39, 0.29) is 12.5 Å². The second-order valence-electron chi connectivity index (χ2n) is 7.31. The highest BCUT2D eigenvalue weighted by Crippen LogP contribution is 2.23. The highest BCUT2D eigenvalue weighted by Gasteiger charge is 2.33. The van der Waals surface area contributed by atoms with Gasteiger partial charge in [-0.3, -0.25) is 4.79 Å². The number of hydroxylamine groups is 2. The fraction of sp³-hybridized carbons (Fsp3) is 0.500. The van der Waals surface area contributed by atoms with Crippen LogP contribution < -0.4 is 0 Å². The molecule has 0 aliphatic carbocycles. The molecule has 2 aliphatic rings. The van der Waals surface area contributed by atoms with E-state index >= 15 is 0 Å². The molecule has 26 heavy (non-hydrogen) atoms. The summed E-state index contributed by atoms with van der Waals surface area (Å²) in [5.74, 6) is -0.318. The van der Waals surface area contributed by atoms with Gasteiger partial charge in [-0.25, -0.2) is 9.59 Å². The van der Waals surface area contributed by atoms with E-state index in [0.29, 0.717) is 31.7 Å². The summed E-state index contributed by atoms with van der Waals surface area (Å²) in [5, 5.41) is 1.08. The van der Waals surface area contributed by atoms with Gasteiger partial charge in [0.15, 0.2) is 0 Å². The van der Waals surface area contributed by atoms with Gasteiger partial charge in [0.2, 0.25) is 0 Å². The van der Waals surface area contributed by atoms with Crippen LogP contribution in [0.2, 0.25) is 0 Å². The van der Waals surface area contributed by atoms with Gasteiger partial charge in [-0.15, -0.1) is 0 Å². The lowest BCUT2D eigenvalue weighted by atomic mass is 10.1. The first-order valence-electron chi connectivity index (χ1n) is 8.59. The molecule has 0 spiro atoms. The molecule has 1 aromatic carbocycles. The molecular weight excluding hydrogens is 338 g/mol. The Labute approximate surface area is 152 Å². The van der Waals surface area contributed by atoms with Crippen LogP contribution in [0.4, 0.5) is 9.59 Å². The molecule has 1 saturated heterocycles. The standard InChI is InChI=1S/C18H23N3O5/c1-18(2,3)25-16(23)19-8-10-20(11-9-19)17(24)26-21-12-13-6-4-5-7-14(13)15(21)22/h4-7H,8-12H2,1-3H3. The Morgan fingerprint density at radius 2 is 1.54 bits per heavy atom. The molecule has 0 bridgehead atoms. The molecular formula is C18H23N3O5. The third kappa shape index (κ3) is 3.89. The largest absolute Gasteiger partial charge is 0.444 e. The van der Waals surface area contributed by atoms with Crippen molar-refractivity contribution in [2.75, 3.05) is 26.2 Å². The molecule has 8 nitrogen and oxygen atoms in total. The van der Waals surface area contributed by atoms with Crippen LogP contribution in [0.25, 0.3) is 0 Å². The van der Waals surface area contributed by atoms with E-state index in [9.17, 15) is 14.4 Å². The smallest absolute Gasteiger partial charge is 0.434 e. The van der Waals surface area contributed by atoms with Crippen LogP contribution in [-0.2, 0) is 16.1 Å². The summed E-state index contributed by atoms with van der Waals surface area (Å²) in [6.45, 7) is 7.05. The van der Waals surface area contributed by atoms with Crippen molar-refractivity contribution in [2.24, 2.45) is 0 Å². The number of hydrogen-bond acceptors (Lipinski definition) is 5. The van der Waals surface area contributed by atoms with E-state index in [2.05, 4.69) is 0 Å². The molecule has 2 aliphatic heterocycles. The average molecular weight is 361 g/mol. The first-order valence-corrected chi connectivity index (χ1v) is 8.59. The minimum absolute atomic E-state index is 0.249. The number of rotatable bonds is 1. The Kier molecular flexibility index (Phi) is 4.76. The third-order valence-electron chi connectivity index (χ3n) is 4.17. The fourth-order valence-electron chi connectivity index (χ4n) is 2.85. The summed E-state index contributed by atoms with van der Waals surface area (Å²) in [6.07, 6.45) is -0.981. The van der Waals surface area contributed by atoms with Crippen molar-refractivity contribution in [2.45, 2.75) is 32.9 Å². The molecule has 0 radical (unpaired) electrons. The lowest BCUT2D eigenvalue weighted by Crippen LogP contribution is -2.52. The molecule has 0 saturated carbocycles. The number of nitrogens with zero attached hydrogens (tertiary/aromatic N) is 3. The van der Waals surface area contributed by atoms with E-state index in [1.165, 1.54) is 4.90 Å². The van der Waals surface area contributed by atoms with Gasteiger partial charge in [0.05, 0.1) is 6.54 Å². The van der Waals surface area contributed by atoms with E-state index in [4.69, 9.17) is 9.57 Å². The maximum atomic E-state index is 12.3. The summed E-state index contributed by atoms with van der Waals surface area (Å²) in [5.41, 5.74) is 0.827. The topological polar surface area (TPSA) is 79.4 Å². The summed E-state index contributed by atoms with van der Waals surface area (Å²) < 4.78 is 5.33. The average Bonchev–Trinajstić information content (AvgIpc) is 2.90. The van der Waals surface area contributed by atoms with E-state index in [1.807, 2.05) is 32.9 Å². The zero-order chi connectivity index (χ0) is 18.9. The van der Waals surface area contributed by atoms with Crippen molar-refractivity contribution in [1.82, 2.24) is 14.9 Å². The van der Waals surface area contributed by atoms with Crippen LogP contribution in [0.15, 0.2) is 24.3 Å². The minimum atomic E-state index is -0.588. The lowest BCUT2D eigenvalue weighted by Gasteiger charge is -2.35. The second-order valence-corrected chi connectivity index (χ2v) is 7.31. The maximum Gasteiger partial charge on any atom is 0.434 e. The molecule has 1 aromatic rings. The number of carbonyl (C=O) groups excluding carboxylic acids is 3. The quantitative estimate of drug-likeness (QED) is 0.766. The monoisotopic (exact) mass is 361 g/mol. The van der Waals surface area contributed by atoms with E-state index < -0.39 is 17.8 Å². The van der Waals surface area contributed by atoms with Crippen LogP contribution in [0.1, 0.15) is 36.7 Å². The highest BCUT2D eigenvalue weighted by atomic mass is 16.7. The van der Waals surface area contributed by atoms with Crippen molar-refractivity contribution in [3.63, 3.8) is 0 Å². The number of ether oxygens (including phenoxy) is 1. The van der Waals surface area contributed by atoms with Gasteiger partial charge >= 0.3 is 12.2 Å². The number of carbonyl (C=O) groups is 3. The van der Waals surface area contributed by atoms with Crippen LogP contribution in [0.3, 0.4) is 0 Å². The van der Waals surface area contributed by atoms with Gasteiger partial charge < -0.3 is 19.4 Å². The SMILES string of the molecule is CC(C)(C)OC(=O)N1CCN(C(=O)ON2Cc3ccccc3C2=O)CC1. The lowest BCUT2D eigenvalue weighted by molar-refractivity contribution is -0.0855. The van der Waals surface area contributed by atoms with Crippen LogP contribution in [-0.4, -0.2) is 64.7 Å². The summed E-state index contributed by atoms with van der Waals surface area (Å²) >= 11 is 0. The van der Waals surface area contributed by atoms with Crippen molar-refractivity contribution in [3.05, 3.63) is 35.4 Å². The van der Waals surface area contributed by atoms with Gasteiger partial charge in [0.1, 0.15) is 5.60 Å². The number of fused-ring (bicyclic) bond motifs is 1. The fourth-order valence-corrected chi connectivity index (χ4v) is 2.85. The third-order valence-corrected chi connectivity index (χ3v) is 4.17. The van der Waals surface area contributed by atoms with Crippen molar-refractivity contribution >= 4 is 18.1 Å². The molecule has 0 unspecified atom stereocenters. The predicted octanol–water partition coefficient (Wildman–Crippen LogP) is 2.25. The molecule has 8 heteroatoms. The van der Waals surface area contributed by atoms with E-state index in [0.717, 1.165) is 10.6 Å². The predicted molar refractivity (Wildman–Crippen MR) is 92.2 cm³/mol. The van der Waals surface area contributed by atoms with Crippen molar-refractivity contribution in [1.29, 1.82) is 0 Å². The Bertz CT molecular complexity index is 720. The van der Waals surface area contributed by atoms with Crippen LogP contribution in [0.5, 0.6) is 0 Å². The van der Waals surface area contributed by atoms with Gasteiger partial charge in [-0.1, -0.05) is 18.2 Å². The van der Waals surface area contributed by atoms with Crippen LogP contribution >= 0.6 is 0 Å². The second kappa shape index (κ2) is 6.86. The van der Waals surface area contributed by atoms with E-state index in [1.54, 1.807) is 17.0 Å². The first-order chi connectivity index (χ1) is 12.2. The number of hydrogen-bond donors (Lipinski definition) is 0. The molecule has 3 rings (SSSR count). The van der Waals surface area contributed by atoms with Gasteiger partial charge in [-0.2, -0.15) is 5.06 Å². The molecule has 2 heterocycles. The first kappa shape index (κ1) is 18.0. The molecule has 140 valence electrons. The Balaban J connectivity index is 1.51. The molecule has 0 N–H and O–H groups in total. The highest BCUT2D eigenvalue weighted by molar-refractivity contribution is 5.98. The summed E-state index contributed by atoms with van der Waals surface area (Å²) in [7, 11) is 0. The maximum absolute atomic E-state index is 12.3. The Morgan fingerprint density at radius 1 is 0.962 bits per heavy atom. The van der Waals surface area contributed by atoms with Crippen molar-refractivity contribution < 1.29 is 24.0 Å². The zero-order valence-electron chi connectivity index (χ0n) is 15.2. The molecule has 3 amide bonds. The normalized spacial score (nSPS) is 17.2. The van der Waals surface area contributed by atoms with Crippen LogP contribution in [0, 0.1) is 0 Å². The molecule has 0 aromatic heterocycles. The number of benzene rings is 1. The summed E-state index contributed by atoms with van der Waals surface area (Å²) in [6, 6.07) is 7.16. The molecule has 1 fully saturated rings. The van der Waals surface area contributed by atoms with Gasteiger partial charge in [0.25, 0.3) is 5.91 Å². The molecule has 0 atom stereocenters. The Morgan fingerprint density at radius 3 is 2.12 bits per heavy atom. The van der Waals surface area contributed by atoms with Gasteiger partial charge in [-0.05, 0) is 32.4 Å².